The summed E-state index contributed by atoms with van der Waals surface area (Å²) in [5.41, 5.74) is 5.53. The summed E-state index contributed by atoms with van der Waals surface area (Å²) in [6.07, 6.45) is 11.3. The van der Waals surface area contributed by atoms with Gasteiger partial charge in [0.1, 0.15) is 0 Å². The number of aromatic nitrogens is 4. The van der Waals surface area contributed by atoms with E-state index in [-0.39, 0.29) is 0 Å². The lowest BCUT2D eigenvalue weighted by Gasteiger charge is -2.01. The first-order valence-corrected chi connectivity index (χ1v) is 8.31. The standard InChI is InChI=1S/C22H16N4/c1-3-13-23-19(5-1)21-11-9-17(15-25-21)7-8-18-10-12-22(26-16-18)20-6-2-4-14-24-20/h1-16H/b8-7+. The van der Waals surface area contributed by atoms with Crippen molar-refractivity contribution in [1.82, 2.24) is 19.9 Å². The van der Waals surface area contributed by atoms with Crippen molar-refractivity contribution in [1.29, 1.82) is 0 Å². The molecule has 26 heavy (non-hydrogen) atoms. The minimum Gasteiger partial charge on any atom is -0.255 e. The highest BCUT2D eigenvalue weighted by Gasteiger charge is 2.00. The lowest BCUT2D eigenvalue weighted by Crippen LogP contribution is -1.87. The van der Waals surface area contributed by atoms with Gasteiger partial charge in [0.15, 0.2) is 0 Å². The molecule has 0 radical (unpaired) electrons. The molecule has 0 N–H and O–H groups in total. The van der Waals surface area contributed by atoms with Crippen LogP contribution < -0.4 is 0 Å². The van der Waals surface area contributed by atoms with Gasteiger partial charge < -0.3 is 0 Å². The maximum absolute atomic E-state index is 4.48. The smallest absolute Gasteiger partial charge is 0.0886 e. The van der Waals surface area contributed by atoms with Crippen molar-refractivity contribution >= 4 is 12.2 Å². The SMILES string of the molecule is C(=C\c1ccc(-c2ccccn2)nc1)/c1ccc(-c2ccccn2)nc1. The second kappa shape index (κ2) is 7.49. The van der Waals surface area contributed by atoms with E-state index in [4.69, 9.17) is 0 Å². The molecule has 0 bridgehead atoms. The Labute approximate surface area is 152 Å². The molecule has 0 atom stereocenters. The Kier molecular flexibility index (Phi) is 4.56. The van der Waals surface area contributed by atoms with Gasteiger partial charge in [-0.15, -0.1) is 0 Å². The normalized spacial score (nSPS) is 10.9. The van der Waals surface area contributed by atoms with Crippen molar-refractivity contribution in [3.8, 4) is 22.8 Å². The number of rotatable bonds is 4. The highest BCUT2D eigenvalue weighted by Crippen LogP contribution is 2.16. The van der Waals surface area contributed by atoms with E-state index < -0.39 is 0 Å². The molecule has 4 nitrogen and oxygen atoms in total. The first kappa shape index (κ1) is 15.8. The molecular formula is C22H16N4. The third-order valence-corrected chi connectivity index (χ3v) is 3.90. The predicted octanol–water partition coefficient (Wildman–Crippen LogP) is 4.77. The summed E-state index contributed by atoms with van der Waals surface area (Å²) in [6.45, 7) is 0. The van der Waals surface area contributed by atoms with Crippen LogP contribution >= 0.6 is 0 Å². The van der Waals surface area contributed by atoms with Gasteiger partial charge in [0.25, 0.3) is 0 Å². The minimum atomic E-state index is 0.865. The van der Waals surface area contributed by atoms with E-state index in [2.05, 4.69) is 19.9 Å². The fourth-order valence-electron chi connectivity index (χ4n) is 2.53. The molecule has 0 aliphatic carbocycles. The average Bonchev–Trinajstić information content (AvgIpc) is 2.74. The van der Waals surface area contributed by atoms with E-state index >= 15 is 0 Å². The Morgan fingerprint density at radius 3 is 1.27 bits per heavy atom. The van der Waals surface area contributed by atoms with Gasteiger partial charge in [0, 0.05) is 24.8 Å². The molecule has 124 valence electrons. The highest BCUT2D eigenvalue weighted by atomic mass is 14.8. The van der Waals surface area contributed by atoms with Crippen LogP contribution in [0.5, 0.6) is 0 Å². The van der Waals surface area contributed by atoms with E-state index in [0.717, 1.165) is 33.9 Å². The molecule has 0 unspecified atom stereocenters. The monoisotopic (exact) mass is 336 g/mol. The molecule has 0 amide bonds. The van der Waals surface area contributed by atoms with Crippen LogP contribution in [-0.2, 0) is 0 Å². The molecule has 4 aromatic heterocycles. The van der Waals surface area contributed by atoms with E-state index in [0.29, 0.717) is 0 Å². The summed E-state index contributed by atoms with van der Waals surface area (Å²) in [5.74, 6) is 0. The zero-order valence-corrected chi connectivity index (χ0v) is 14.0. The Morgan fingerprint density at radius 1 is 0.462 bits per heavy atom. The largest absolute Gasteiger partial charge is 0.255 e. The summed E-state index contributed by atoms with van der Waals surface area (Å²) in [4.78, 5) is 17.6. The molecule has 0 fully saturated rings. The molecule has 0 saturated heterocycles. The lowest BCUT2D eigenvalue weighted by molar-refractivity contribution is 1.24. The third-order valence-electron chi connectivity index (χ3n) is 3.90. The zero-order chi connectivity index (χ0) is 17.6. The maximum atomic E-state index is 4.48. The topological polar surface area (TPSA) is 51.6 Å². The van der Waals surface area contributed by atoms with Crippen molar-refractivity contribution in [3.63, 3.8) is 0 Å². The summed E-state index contributed by atoms with van der Waals surface area (Å²) in [7, 11) is 0. The average molecular weight is 336 g/mol. The van der Waals surface area contributed by atoms with Gasteiger partial charge in [0.2, 0.25) is 0 Å². The summed E-state index contributed by atoms with van der Waals surface area (Å²) >= 11 is 0. The van der Waals surface area contributed by atoms with Crippen LogP contribution in [-0.4, -0.2) is 19.9 Å². The summed E-state index contributed by atoms with van der Waals surface area (Å²) in [6, 6.07) is 19.6. The molecule has 0 aliphatic heterocycles. The van der Waals surface area contributed by atoms with Crippen molar-refractivity contribution in [3.05, 3.63) is 96.6 Å². The molecule has 4 heteroatoms. The fourth-order valence-corrected chi connectivity index (χ4v) is 2.53. The first-order chi connectivity index (χ1) is 12.9. The van der Waals surface area contributed by atoms with Crippen LogP contribution in [0.4, 0.5) is 0 Å². The molecule has 0 aliphatic rings. The van der Waals surface area contributed by atoms with Crippen LogP contribution in [0, 0.1) is 0 Å². The van der Waals surface area contributed by atoms with Crippen molar-refractivity contribution in [2.24, 2.45) is 0 Å². The van der Waals surface area contributed by atoms with E-state index in [9.17, 15) is 0 Å². The second-order valence-electron chi connectivity index (χ2n) is 5.72. The van der Waals surface area contributed by atoms with Crippen LogP contribution in [0.15, 0.2) is 85.5 Å². The number of nitrogens with zero attached hydrogens (tertiary/aromatic N) is 4. The number of hydrogen-bond acceptors (Lipinski definition) is 4. The number of hydrogen-bond donors (Lipinski definition) is 0. The van der Waals surface area contributed by atoms with E-state index in [1.807, 2.05) is 85.2 Å². The van der Waals surface area contributed by atoms with Gasteiger partial charge in [-0.05, 0) is 47.5 Å². The zero-order valence-electron chi connectivity index (χ0n) is 14.0. The van der Waals surface area contributed by atoms with Crippen molar-refractivity contribution < 1.29 is 0 Å². The Balaban J connectivity index is 1.48. The van der Waals surface area contributed by atoms with Gasteiger partial charge in [-0.2, -0.15) is 0 Å². The first-order valence-electron chi connectivity index (χ1n) is 8.31. The lowest BCUT2D eigenvalue weighted by atomic mass is 10.1. The fraction of sp³-hybridized carbons (Fsp3) is 0. The number of pyridine rings is 4. The molecular weight excluding hydrogens is 320 g/mol. The van der Waals surface area contributed by atoms with Crippen LogP contribution in [0.3, 0.4) is 0 Å². The molecule has 0 aromatic carbocycles. The Morgan fingerprint density at radius 2 is 0.923 bits per heavy atom. The molecule has 4 heterocycles. The van der Waals surface area contributed by atoms with Crippen molar-refractivity contribution in [2.45, 2.75) is 0 Å². The van der Waals surface area contributed by atoms with Gasteiger partial charge in [-0.25, -0.2) is 0 Å². The van der Waals surface area contributed by atoms with Gasteiger partial charge in [0.05, 0.1) is 22.8 Å². The van der Waals surface area contributed by atoms with Crippen LogP contribution in [0.25, 0.3) is 34.9 Å². The molecule has 0 saturated carbocycles. The van der Waals surface area contributed by atoms with Crippen LogP contribution in [0.2, 0.25) is 0 Å². The van der Waals surface area contributed by atoms with E-state index in [1.165, 1.54) is 0 Å². The van der Waals surface area contributed by atoms with Crippen LogP contribution in [0.1, 0.15) is 11.1 Å². The third kappa shape index (κ3) is 3.70. The molecule has 4 aromatic rings. The highest BCUT2D eigenvalue weighted by molar-refractivity contribution is 5.70. The second-order valence-corrected chi connectivity index (χ2v) is 5.72. The summed E-state index contributed by atoms with van der Waals surface area (Å²) in [5, 5.41) is 0. The molecule has 4 rings (SSSR count). The predicted molar refractivity (Wildman–Crippen MR) is 104 cm³/mol. The Bertz CT molecular complexity index is 908. The quantitative estimate of drug-likeness (QED) is 0.538. The minimum absolute atomic E-state index is 0.865. The van der Waals surface area contributed by atoms with Gasteiger partial charge >= 0.3 is 0 Å². The van der Waals surface area contributed by atoms with E-state index in [1.54, 1.807) is 12.4 Å². The van der Waals surface area contributed by atoms with Gasteiger partial charge in [-0.1, -0.05) is 36.4 Å². The van der Waals surface area contributed by atoms with Crippen molar-refractivity contribution in [2.75, 3.05) is 0 Å². The molecule has 0 spiro atoms. The summed E-state index contributed by atoms with van der Waals surface area (Å²) < 4.78 is 0. The Hall–Kier alpha value is -3.66. The maximum Gasteiger partial charge on any atom is 0.0886 e. The van der Waals surface area contributed by atoms with Gasteiger partial charge in [-0.3, -0.25) is 19.9 Å².